The van der Waals surface area contributed by atoms with Gasteiger partial charge in [0.1, 0.15) is 0 Å². The van der Waals surface area contributed by atoms with Crippen molar-refractivity contribution in [2.75, 3.05) is 0 Å². The summed E-state index contributed by atoms with van der Waals surface area (Å²) < 4.78 is 0. The summed E-state index contributed by atoms with van der Waals surface area (Å²) in [6, 6.07) is 1.77. The third kappa shape index (κ3) is 2.70. The summed E-state index contributed by atoms with van der Waals surface area (Å²) in [6.45, 7) is 3.96. The molecule has 0 aliphatic carbocycles. The SMILES string of the molecule is CCC(C)NC(=O)c1ccncc1Cl. The number of carbonyl (C=O) groups is 1. The van der Waals surface area contributed by atoms with Gasteiger partial charge in [-0.15, -0.1) is 0 Å². The van der Waals surface area contributed by atoms with Gasteiger partial charge in [0.2, 0.25) is 0 Å². The zero-order chi connectivity index (χ0) is 10.6. The predicted molar refractivity (Wildman–Crippen MR) is 56.5 cm³/mol. The van der Waals surface area contributed by atoms with E-state index in [0.29, 0.717) is 10.6 Å². The molecule has 0 bridgehead atoms. The third-order valence-corrected chi connectivity index (χ3v) is 2.31. The van der Waals surface area contributed by atoms with E-state index in [9.17, 15) is 4.79 Å². The Morgan fingerprint density at radius 3 is 3.00 bits per heavy atom. The molecule has 3 nitrogen and oxygen atoms in total. The van der Waals surface area contributed by atoms with Crippen molar-refractivity contribution in [3.05, 3.63) is 29.0 Å². The Morgan fingerprint density at radius 1 is 1.71 bits per heavy atom. The average molecular weight is 213 g/mol. The van der Waals surface area contributed by atoms with Crippen molar-refractivity contribution in [1.82, 2.24) is 10.3 Å². The molecule has 0 aliphatic rings. The van der Waals surface area contributed by atoms with Gasteiger partial charge in [0, 0.05) is 18.4 Å². The number of halogens is 1. The molecule has 0 aliphatic heterocycles. The molecular weight excluding hydrogens is 200 g/mol. The van der Waals surface area contributed by atoms with Gasteiger partial charge in [-0.3, -0.25) is 9.78 Å². The van der Waals surface area contributed by atoms with Gasteiger partial charge < -0.3 is 5.32 Å². The summed E-state index contributed by atoms with van der Waals surface area (Å²) >= 11 is 5.82. The summed E-state index contributed by atoms with van der Waals surface area (Å²) in [7, 11) is 0. The van der Waals surface area contributed by atoms with Crippen molar-refractivity contribution in [3.8, 4) is 0 Å². The molecule has 1 unspecified atom stereocenters. The Balaban J connectivity index is 2.75. The Bertz CT molecular complexity index is 328. The Morgan fingerprint density at radius 2 is 2.43 bits per heavy atom. The lowest BCUT2D eigenvalue weighted by Crippen LogP contribution is -2.32. The van der Waals surface area contributed by atoms with Crippen LogP contribution in [0.15, 0.2) is 18.5 Å². The van der Waals surface area contributed by atoms with Gasteiger partial charge in [0.15, 0.2) is 0 Å². The number of nitrogens with zero attached hydrogens (tertiary/aromatic N) is 1. The molecule has 76 valence electrons. The summed E-state index contributed by atoms with van der Waals surface area (Å²) in [5.74, 6) is -0.147. The molecule has 0 saturated carbocycles. The van der Waals surface area contributed by atoms with Gasteiger partial charge in [-0.25, -0.2) is 0 Å². The van der Waals surface area contributed by atoms with Crippen LogP contribution < -0.4 is 5.32 Å². The van der Waals surface area contributed by atoms with Crippen molar-refractivity contribution in [2.24, 2.45) is 0 Å². The van der Waals surface area contributed by atoms with E-state index in [1.807, 2.05) is 13.8 Å². The fourth-order valence-electron chi connectivity index (χ4n) is 0.963. The molecule has 0 aromatic carbocycles. The first-order valence-electron chi connectivity index (χ1n) is 4.55. The zero-order valence-corrected chi connectivity index (χ0v) is 9.01. The van der Waals surface area contributed by atoms with Crippen molar-refractivity contribution >= 4 is 17.5 Å². The van der Waals surface area contributed by atoms with Crippen LogP contribution >= 0.6 is 11.6 Å². The molecule has 4 heteroatoms. The van der Waals surface area contributed by atoms with Gasteiger partial charge in [0.25, 0.3) is 5.91 Å². The molecule has 0 fully saturated rings. The van der Waals surface area contributed by atoms with Crippen LogP contribution in [0.4, 0.5) is 0 Å². The quantitative estimate of drug-likeness (QED) is 0.835. The topological polar surface area (TPSA) is 42.0 Å². The van der Waals surface area contributed by atoms with E-state index in [2.05, 4.69) is 10.3 Å². The molecule has 0 spiro atoms. The van der Waals surface area contributed by atoms with Crippen LogP contribution in [0.1, 0.15) is 30.6 Å². The van der Waals surface area contributed by atoms with Crippen molar-refractivity contribution in [1.29, 1.82) is 0 Å². The normalized spacial score (nSPS) is 12.2. The molecule has 1 heterocycles. The number of aromatic nitrogens is 1. The van der Waals surface area contributed by atoms with Crippen LogP contribution in [0.3, 0.4) is 0 Å². The zero-order valence-electron chi connectivity index (χ0n) is 8.25. The Labute approximate surface area is 88.5 Å². The Kier molecular flexibility index (Phi) is 3.89. The molecule has 1 N–H and O–H groups in total. The van der Waals surface area contributed by atoms with E-state index >= 15 is 0 Å². The lowest BCUT2D eigenvalue weighted by atomic mass is 10.2. The number of amides is 1. The van der Waals surface area contributed by atoms with E-state index in [1.165, 1.54) is 6.20 Å². The molecule has 0 saturated heterocycles. The van der Waals surface area contributed by atoms with Gasteiger partial charge in [-0.2, -0.15) is 0 Å². The molecule has 1 atom stereocenters. The van der Waals surface area contributed by atoms with Crippen LogP contribution in [0.2, 0.25) is 5.02 Å². The van der Waals surface area contributed by atoms with Crippen molar-refractivity contribution < 1.29 is 4.79 Å². The van der Waals surface area contributed by atoms with Gasteiger partial charge >= 0.3 is 0 Å². The second-order valence-electron chi connectivity index (χ2n) is 3.14. The number of pyridine rings is 1. The highest BCUT2D eigenvalue weighted by Crippen LogP contribution is 2.13. The largest absolute Gasteiger partial charge is 0.350 e. The minimum atomic E-state index is -0.147. The van der Waals surface area contributed by atoms with E-state index in [0.717, 1.165) is 6.42 Å². The highest BCUT2D eigenvalue weighted by Gasteiger charge is 2.11. The minimum Gasteiger partial charge on any atom is -0.350 e. The number of rotatable bonds is 3. The van der Waals surface area contributed by atoms with Crippen LogP contribution in [-0.4, -0.2) is 16.9 Å². The van der Waals surface area contributed by atoms with E-state index in [1.54, 1.807) is 12.3 Å². The maximum Gasteiger partial charge on any atom is 0.253 e. The Hall–Kier alpha value is -1.09. The maximum absolute atomic E-state index is 11.6. The van der Waals surface area contributed by atoms with Crippen LogP contribution in [-0.2, 0) is 0 Å². The van der Waals surface area contributed by atoms with Crippen molar-refractivity contribution in [3.63, 3.8) is 0 Å². The summed E-state index contributed by atoms with van der Waals surface area (Å²) in [5.41, 5.74) is 0.474. The number of nitrogens with one attached hydrogen (secondary N) is 1. The second-order valence-corrected chi connectivity index (χ2v) is 3.55. The first-order chi connectivity index (χ1) is 6.65. The fourth-order valence-corrected chi connectivity index (χ4v) is 1.17. The highest BCUT2D eigenvalue weighted by atomic mass is 35.5. The van der Waals surface area contributed by atoms with Gasteiger partial charge in [-0.1, -0.05) is 18.5 Å². The number of hydrogen-bond acceptors (Lipinski definition) is 2. The molecular formula is C10H13ClN2O. The predicted octanol–water partition coefficient (Wildman–Crippen LogP) is 2.26. The first kappa shape index (κ1) is 11.0. The molecule has 1 aromatic rings. The molecule has 1 aromatic heterocycles. The van der Waals surface area contributed by atoms with E-state index in [4.69, 9.17) is 11.6 Å². The first-order valence-corrected chi connectivity index (χ1v) is 4.93. The smallest absolute Gasteiger partial charge is 0.253 e. The standard InChI is InChI=1S/C10H13ClN2O/c1-3-7(2)13-10(14)8-4-5-12-6-9(8)11/h4-7H,3H2,1-2H3,(H,13,14). The van der Waals surface area contributed by atoms with Crippen LogP contribution in [0.25, 0.3) is 0 Å². The average Bonchev–Trinajstić information content (AvgIpc) is 2.18. The highest BCUT2D eigenvalue weighted by molar-refractivity contribution is 6.33. The summed E-state index contributed by atoms with van der Waals surface area (Å²) in [6.07, 6.45) is 3.92. The molecule has 0 radical (unpaired) electrons. The number of hydrogen-bond donors (Lipinski definition) is 1. The lowest BCUT2D eigenvalue weighted by molar-refractivity contribution is 0.0939. The van der Waals surface area contributed by atoms with E-state index in [-0.39, 0.29) is 11.9 Å². The second kappa shape index (κ2) is 4.96. The summed E-state index contributed by atoms with van der Waals surface area (Å²) in [5, 5.41) is 3.22. The monoisotopic (exact) mass is 212 g/mol. The van der Waals surface area contributed by atoms with Gasteiger partial charge in [-0.05, 0) is 19.4 Å². The number of carbonyl (C=O) groups excluding carboxylic acids is 1. The minimum absolute atomic E-state index is 0.147. The van der Waals surface area contributed by atoms with E-state index < -0.39 is 0 Å². The summed E-state index contributed by atoms with van der Waals surface area (Å²) in [4.78, 5) is 15.4. The molecule has 14 heavy (non-hydrogen) atoms. The van der Waals surface area contributed by atoms with Crippen LogP contribution in [0, 0.1) is 0 Å². The lowest BCUT2D eigenvalue weighted by Gasteiger charge is -2.11. The molecule has 1 rings (SSSR count). The van der Waals surface area contributed by atoms with Gasteiger partial charge in [0.05, 0.1) is 10.6 Å². The maximum atomic E-state index is 11.6. The van der Waals surface area contributed by atoms with Crippen LogP contribution in [0.5, 0.6) is 0 Å². The molecule has 1 amide bonds. The fraction of sp³-hybridized carbons (Fsp3) is 0.400. The van der Waals surface area contributed by atoms with Crippen molar-refractivity contribution in [2.45, 2.75) is 26.3 Å². The third-order valence-electron chi connectivity index (χ3n) is 2.01.